The summed E-state index contributed by atoms with van der Waals surface area (Å²) < 4.78 is 34.4. The number of ether oxygens (including phenoxy) is 2. The van der Waals surface area contributed by atoms with E-state index in [0.717, 1.165) is 109 Å². The molecule has 0 radical (unpaired) electrons. The molecular formula is C62H103NO8P+. The van der Waals surface area contributed by atoms with Gasteiger partial charge >= 0.3 is 19.8 Å². The number of nitrogens with zero attached hydrogens (tertiary/aromatic N) is 1. The van der Waals surface area contributed by atoms with Crippen LogP contribution in [0.15, 0.2) is 134 Å². The third-order valence-electron chi connectivity index (χ3n) is 11.2. The lowest BCUT2D eigenvalue weighted by Gasteiger charge is -2.24. The van der Waals surface area contributed by atoms with Crippen molar-refractivity contribution in [2.75, 3.05) is 47.5 Å². The average molecular weight is 1020 g/mol. The van der Waals surface area contributed by atoms with E-state index < -0.39 is 32.5 Å². The van der Waals surface area contributed by atoms with E-state index >= 15 is 0 Å². The molecule has 0 aromatic heterocycles. The van der Waals surface area contributed by atoms with Crippen LogP contribution in [0.3, 0.4) is 0 Å². The van der Waals surface area contributed by atoms with Crippen LogP contribution in [0.25, 0.3) is 0 Å². The van der Waals surface area contributed by atoms with Crippen molar-refractivity contribution in [3.05, 3.63) is 134 Å². The zero-order valence-electron chi connectivity index (χ0n) is 46.1. The van der Waals surface area contributed by atoms with Crippen LogP contribution in [-0.2, 0) is 32.7 Å². The first-order valence-electron chi connectivity index (χ1n) is 27.9. The molecule has 408 valence electrons. The van der Waals surface area contributed by atoms with Crippen LogP contribution in [0.2, 0.25) is 0 Å². The van der Waals surface area contributed by atoms with E-state index in [2.05, 4.69) is 148 Å². The Hall–Kier alpha value is -3.85. The van der Waals surface area contributed by atoms with Gasteiger partial charge in [0.2, 0.25) is 0 Å². The van der Waals surface area contributed by atoms with Gasteiger partial charge in [0.05, 0.1) is 27.7 Å². The number of unbranched alkanes of at least 4 members (excludes halogenated alkanes) is 13. The lowest BCUT2D eigenvalue weighted by Crippen LogP contribution is -2.37. The number of quaternary nitrogens is 1. The molecule has 0 spiro atoms. The Labute approximate surface area is 441 Å². The van der Waals surface area contributed by atoms with E-state index in [1.165, 1.54) is 44.9 Å². The second-order valence-corrected chi connectivity index (χ2v) is 20.7. The van der Waals surface area contributed by atoms with E-state index in [0.29, 0.717) is 23.9 Å². The lowest BCUT2D eigenvalue weighted by molar-refractivity contribution is -0.870. The molecule has 0 saturated carbocycles. The number of rotatable bonds is 49. The Morgan fingerprint density at radius 1 is 0.431 bits per heavy atom. The maximum Gasteiger partial charge on any atom is 0.472 e. The number of hydrogen-bond acceptors (Lipinski definition) is 7. The maximum atomic E-state index is 12.8. The molecule has 0 rings (SSSR count). The normalized spacial score (nSPS) is 14.4. The van der Waals surface area contributed by atoms with Gasteiger partial charge in [-0.05, 0) is 109 Å². The zero-order chi connectivity index (χ0) is 52.7. The highest BCUT2D eigenvalue weighted by Crippen LogP contribution is 2.43. The van der Waals surface area contributed by atoms with Crippen LogP contribution >= 0.6 is 7.82 Å². The van der Waals surface area contributed by atoms with Gasteiger partial charge in [-0.25, -0.2) is 4.57 Å². The number of carbonyl (C=O) groups excluding carboxylic acids is 2. The summed E-state index contributed by atoms with van der Waals surface area (Å²) >= 11 is 0. The summed E-state index contributed by atoms with van der Waals surface area (Å²) in [5, 5.41) is 0. The van der Waals surface area contributed by atoms with Crippen LogP contribution in [-0.4, -0.2) is 74.9 Å². The van der Waals surface area contributed by atoms with Crippen LogP contribution in [0.1, 0.15) is 194 Å². The summed E-state index contributed by atoms with van der Waals surface area (Å²) in [5.41, 5.74) is 0. The first kappa shape index (κ1) is 68.2. The summed E-state index contributed by atoms with van der Waals surface area (Å²) in [7, 11) is 1.43. The number of esters is 2. The van der Waals surface area contributed by atoms with Gasteiger partial charge in [-0.1, -0.05) is 205 Å². The molecule has 0 aromatic carbocycles. The Balaban J connectivity index is 4.19. The summed E-state index contributed by atoms with van der Waals surface area (Å²) in [6, 6.07) is 0. The second-order valence-electron chi connectivity index (χ2n) is 19.2. The van der Waals surface area contributed by atoms with Crippen LogP contribution in [0.4, 0.5) is 0 Å². The largest absolute Gasteiger partial charge is 0.472 e. The minimum absolute atomic E-state index is 0.0172. The molecule has 0 aliphatic heterocycles. The number of likely N-dealkylation sites (N-methyl/N-ethyl adjacent to an activating group) is 1. The molecule has 10 heteroatoms. The lowest BCUT2D eigenvalue weighted by atomic mass is 10.0. The van der Waals surface area contributed by atoms with Crippen molar-refractivity contribution in [2.45, 2.75) is 200 Å². The molecule has 9 nitrogen and oxygen atoms in total. The van der Waals surface area contributed by atoms with Crippen molar-refractivity contribution in [3.8, 4) is 0 Å². The third kappa shape index (κ3) is 55.5. The number of carbonyl (C=O) groups is 2. The summed E-state index contributed by atoms with van der Waals surface area (Å²) in [6.45, 7) is 4.12. The molecule has 0 fully saturated rings. The molecule has 0 aromatic rings. The number of phosphoric acid groups is 1. The maximum absolute atomic E-state index is 12.8. The van der Waals surface area contributed by atoms with Crippen molar-refractivity contribution in [2.24, 2.45) is 0 Å². The van der Waals surface area contributed by atoms with Crippen LogP contribution in [0, 0.1) is 0 Å². The molecule has 0 saturated heterocycles. The first-order chi connectivity index (χ1) is 35.0. The van der Waals surface area contributed by atoms with Crippen molar-refractivity contribution in [1.29, 1.82) is 0 Å². The van der Waals surface area contributed by atoms with Crippen molar-refractivity contribution >= 4 is 19.8 Å². The molecule has 0 bridgehead atoms. The van der Waals surface area contributed by atoms with Gasteiger partial charge in [0.15, 0.2) is 6.10 Å². The Kier molecular flexibility index (Phi) is 49.2. The fourth-order valence-electron chi connectivity index (χ4n) is 6.93. The highest BCUT2D eigenvalue weighted by molar-refractivity contribution is 7.47. The smallest absolute Gasteiger partial charge is 0.462 e. The van der Waals surface area contributed by atoms with Crippen molar-refractivity contribution in [3.63, 3.8) is 0 Å². The molecule has 0 aliphatic rings. The van der Waals surface area contributed by atoms with Crippen LogP contribution in [0.5, 0.6) is 0 Å². The summed E-state index contributed by atoms with van der Waals surface area (Å²) in [4.78, 5) is 35.6. The van der Waals surface area contributed by atoms with Crippen molar-refractivity contribution < 1.29 is 42.1 Å². The molecular weight excluding hydrogens is 918 g/mol. The summed E-state index contributed by atoms with van der Waals surface area (Å²) in [5.74, 6) is -0.860. The Morgan fingerprint density at radius 2 is 0.750 bits per heavy atom. The van der Waals surface area contributed by atoms with Gasteiger partial charge in [-0.15, -0.1) is 0 Å². The molecule has 2 unspecified atom stereocenters. The van der Waals surface area contributed by atoms with E-state index in [1.807, 2.05) is 21.1 Å². The molecule has 1 N–H and O–H groups in total. The van der Waals surface area contributed by atoms with Crippen LogP contribution < -0.4 is 0 Å². The SMILES string of the molecule is CC/C=C\C/C=C\C/C=C\C/C=C\C/C=C\C/C=C\C/C=C\CCCCCCCCCCCCCC(=O)OC(COC(=O)CCCC/C=C\C/C=C\C/C=C\C/C=C\CC)COP(=O)(O)OCC[N+](C)(C)C. The van der Waals surface area contributed by atoms with Gasteiger partial charge in [0.1, 0.15) is 19.8 Å². The van der Waals surface area contributed by atoms with Gasteiger partial charge in [0.25, 0.3) is 0 Å². The second kappa shape index (κ2) is 52.0. The zero-order valence-corrected chi connectivity index (χ0v) is 47.0. The minimum Gasteiger partial charge on any atom is -0.462 e. The van der Waals surface area contributed by atoms with E-state index in [4.69, 9.17) is 18.5 Å². The Bertz CT molecular complexity index is 1670. The van der Waals surface area contributed by atoms with E-state index in [1.54, 1.807) is 0 Å². The van der Waals surface area contributed by atoms with Gasteiger partial charge in [-0.3, -0.25) is 18.6 Å². The van der Waals surface area contributed by atoms with Gasteiger partial charge in [-0.2, -0.15) is 0 Å². The molecule has 72 heavy (non-hydrogen) atoms. The predicted molar refractivity (Wildman–Crippen MR) is 307 cm³/mol. The monoisotopic (exact) mass is 1020 g/mol. The first-order valence-corrected chi connectivity index (χ1v) is 29.4. The molecule has 2 atom stereocenters. The van der Waals surface area contributed by atoms with E-state index in [-0.39, 0.29) is 26.1 Å². The average Bonchev–Trinajstić information content (AvgIpc) is 3.34. The van der Waals surface area contributed by atoms with Crippen molar-refractivity contribution in [1.82, 2.24) is 0 Å². The molecule has 0 amide bonds. The fourth-order valence-corrected chi connectivity index (χ4v) is 7.67. The number of allylic oxidation sites excluding steroid dienone is 22. The number of hydrogen-bond donors (Lipinski definition) is 1. The molecule has 0 heterocycles. The minimum atomic E-state index is -4.40. The Morgan fingerprint density at radius 3 is 1.14 bits per heavy atom. The topological polar surface area (TPSA) is 108 Å². The van der Waals surface area contributed by atoms with E-state index in [9.17, 15) is 19.0 Å². The standard InChI is InChI=1S/C62H102NO8P/c1-6-8-10-12-14-16-18-20-22-23-24-25-26-27-28-29-30-31-32-33-34-35-36-37-38-39-41-43-45-47-49-51-53-55-62(65)71-60(59-70-72(66,67)69-57-56-63(3,4)5)58-68-61(64)54-52-50-48-46-44-42-40-21-19-17-15-13-11-9-7-2/h8-11,14-17,20-22,24-25,27-28,30-31,33-34,40,44,46,60H,6-7,12-13,18-19,23,26,29,32,35-39,41-43,45,47-59H2,1-5H3/p+1/b10-8-,11-9-,16-14-,17-15-,22-20-,25-24-,28-27-,31-30-,34-33-,40-21-,46-44-. The third-order valence-corrected chi connectivity index (χ3v) is 12.2. The molecule has 0 aliphatic carbocycles. The fraction of sp³-hybridized carbons (Fsp3) is 0.613. The quantitative estimate of drug-likeness (QED) is 0.0211. The highest BCUT2D eigenvalue weighted by atomic mass is 31.2. The predicted octanol–water partition coefficient (Wildman–Crippen LogP) is 17.4. The highest BCUT2D eigenvalue weighted by Gasteiger charge is 2.27. The van der Waals surface area contributed by atoms with Gasteiger partial charge in [0, 0.05) is 12.8 Å². The summed E-state index contributed by atoms with van der Waals surface area (Å²) in [6.07, 6.45) is 75.3. The number of phosphoric ester groups is 1. The van der Waals surface area contributed by atoms with Gasteiger partial charge < -0.3 is 18.9 Å².